The zero-order valence-electron chi connectivity index (χ0n) is 17.2. The smallest absolute Gasteiger partial charge is 0.169 e. The van der Waals surface area contributed by atoms with Crippen LogP contribution < -0.4 is 4.57 Å². The molecule has 1 aliphatic carbocycles. The minimum atomic E-state index is -0.0137. The number of hydrogen-bond acceptors (Lipinski definition) is 2. The first-order chi connectivity index (χ1) is 14.0. The van der Waals surface area contributed by atoms with E-state index in [1.165, 1.54) is 5.56 Å². The van der Waals surface area contributed by atoms with E-state index in [-0.39, 0.29) is 17.8 Å². The Morgan fingerprint density at radius 1 is 1.07 bits per heavy atom. The van der Waals surface area contributed by atoms with Crippen LogP contribution in [-0.4, -0.2) is 22.5 Å². The van der Waals surface area contributed by atoms with Gasteiger partial charge in [-0.2, -0.15) is 0 Å². The molecule has 0 fully saturated rings. The first-order valence-corrected chi connectivity index (χ1v) is 10.4. The average Bonchev–Trinajstić information content (AvgIpc) is 3.04. The number of fused-ring (bicyclic) bond motifs is 1. The summed E-state index contributed by atoms with van der Waals surface area (Å²) in [6.45, 7) is 5.31. The molecule has 0 unspecified atom stereocenters. The summed E-state index contributed by atoms with van der Waals surface area (Å²) in [5, 5.41) is 9.05. The van der Waals surface area contributed by atoms with Crippen LogP contribution in [0.15, 0.2) is 54.9 Å². The molecular formula is C25H29N2O2+. The molecule has 2 heterocycles. The van der Waals surface area contributed by atoms with E-state index in [0.717, 1.165) is 53.9 Å². The highest BCUT2D eigenvalue weighted by molar-refractivity contribution is 6.02. The van der Waals surface area contributed by atoms with E-state index in [0.29, 0.717) is 6.42 Å². The molecule has 0 saturated heterocycles. The molecule has 4 rings (SSSR count). The van der Waals surface area contributed by atoms with Crippen LogP contribution in [0, 0.1) is 5.41 Å². The van der Waals surface area contributed by atoms with E-state index < -0.39 is 0 Å². The number of pyridine rings is 1. The van der Waals surface area contributed by atoms with Crippen molar-refractivity contribution in [3.05, 3.63) is 77.2 Å². The molecule has 0 spiro atoms. The zero-order chi connectivity index (χ0) is 20.4. The Labute approximate surface area is 172 Å². The summed E-state index contributed by atoms with van der Waals surface area (Å²) in [5.74, 6) is 0.249. The van der Waals surface area contributed by atoms with Gasteiger partial charge in [-0.3, -0.25) is 4.79 Å². The van der Waals surface area contributed by atoms with Crippen LogP contribution in [0.25, 0.3) is 11.3 Å². The number of benzene rings is 1. The fourth-order valence-corrected chi connectivity index (χ4v) is 4.38. The summed E-state index contributed by atoms with van der Waals surface area (Å²) in [7, 11) is 0. The lowest BCUT2D eigenvalue weighted by Crippen LogP contribution is -2.32. The predicted molar refractivity (Wildman–Crippen MR) is 114 cm³/mol. The highest BCUT2D eigenvalue weighted by Crippen LogP contribution is 2.40. The van der Waals surface area contributed by atoms with E-state index >= 15 is 0 Å². The maximum atomic E-state index is 13.1. The Hall–Kier alpha value is -2.72. The van der Waals surface area contributed by atoms with Crippen LogP contribution >= 0.6 is 0 Å². The second-order valence-corrected chi connectivity index (χ2v) is 8.84. The zero-order valence-corrected chi connectivity index (χ0v) is 17.2. The lowest BCUT2D eigenvalue weighted by atomic mass is 9.75. The van der Waals surface area contributed by atoms with Gasteiger partial charge in [0, 0.05) is 54.8 Å². The molecule has 0 atom stereocenters. The van der Waals surface area contributed by atoms with Crippen molar-refractivity contribution in [2.45, 2.75) is 46.1 Å². The number of nitrogens with zero attached hydrogens (tertiary/aromatic N) is 1. The highest BCUT2D eigenvalue weighted by Gasteiger charge is 2.35. The van der Waals surface area contributed by atoms with Crippen molar-refractivity contribution >= 4 is 5.78 Å². The topological polar surface area (TPSA) is 57.0 Å². The maximum absolute atomic E-state index is 13.1. The molecule has 1 aliphatic rings. The molecule has 0 radical (unpaired) electrons. The third-order valence-electron chi connectivity index (χ3n) is 5.73. The van der Waals surface area contributed by atoms with Crippen molar-refractivity contribution in [3.8, 4) is 11.3 Å². The van der Waals surface area contributed by atoms with E-state index in [9.17, 15) is 4.79 Å². The quantitative estimate of drug-likeness (QED) is 0.624. The summed E-state index contributed by atoms with van der Waals surface area (Å²) in [6.07, 6.45) is 7.05. The summed E-state index contributed by atoms with van der Waals surface area (Å²) in [6, 6.07) is 14.5. The predicted octanol–water partition coefficient (Wildman–Crippen LogP) is 4.10. The van der Waals surface area contributed by atoms with Gasteiger partial charge in [-0.1, -0.05) is 44.2 Å². The number of aromatic amines is 1. The van der Waals surface area contributed by atoms with Crippen molar-refractivity contribution in [3.63, 3.8) is 0 Å². The summed E-state index contributed by atoms with van der Waals surface area (Å²) in [5.41, 5.74) is 6.43. The number of aromatic nitrogens is 2. The highest BCUT2D eigenvalue weighted by atomic mass is 16.3. The van der Waals surface area contributed by atoms with Gasteiger partial charge in [-0.05, 0) is 23.0 Å². The molecule has 2 aromatic heterocycles. The fraction of sp³-hybridized carbons (Fsp3) is 0.360. The van der Waals surface area contributed by atoms with Crippen LogP contribution in [0.4, 0.5) is 0 Å². The molecule has 4 nitrogen and oxygen atoms in total. The van der Waals surface area contributed by atoms with Crippen LogP contribution in [0.2, 0.25) is 0 Å². The van der Waals surface area contributed by atoms with Gasteiger partial charge in [0.05, 0.1) is 5.69 Å². The molecule has 0 aliphatic heterocycles. The lowest BCUT2D eigenvalue weighted by molar-refractivity contribution is -0.697. The minimum absolute atomic E-state index is 0.0137. The van der Waals surface area contributed by atoms with Gasteiger partial charge < -0.3 is 10.1 Å². The SMILES string of the molecule is CC1(C)CC(=O)c2c([nH]c(-c3cc[n+](CCCO)cc3)c2Cc2ccccc2)C1. The Morgan fingerprint density at radius 2 is 1.79 bits per heavy atom. The Bertz CT molecular complexity index is 1000. The number of H-pyrrole nitrogens is 1. The number of carbonyl (C=O) groups excluding carboxylic acids is 1. The average molecular weight is 390 g/mol. The molecule has 1 aromatic carbocycles. The Balaban J connectivity index is 1.77. The largest absolute Gasteiger partial charge is 0.396 e. The Morgan fingerprint density at radius 3 is 2.48 bits per heavy atom. The van der Waals surface area contributed by atoms with Crippen molar-refractivity contribution in [1.29, 1.82) is 0 Å². The van der Waals surface area contributed by atoms with Gasteiger partial charge in [0.25, 0.3) is 0 Å². The van der Waals surface area contributed by atoms with E-state index in [2.05, 4.69) is 47.7 Å². The lowest BCUT2D eigenvalue weighted by Gasteiger charge is -2.28. The maximum Gasteiger partial charge on any atom is 0.169 e. The summed E-state index contributed by atoms with van der Waals surface area (Å²) >= 11 is 0. The molecule has 4 heteroatoms. The molecule has 0 bridgehead atoms. The number of Topliss-reactive ketones (excluding diaryl/α,β-unsaturated/α-hetero) is 1. The number of rotatable bonds is 6. The van der Waals surface area contributed by atoms with Gasteiger partial charge in [-0.25, -0.2) is 4.57 Å². The van der Waals surface area contributed by atoms with Gasteiger partial charge in [0.2, 0.25) is 0 Å². The minimum Gasteiger partial charge on any atom is -0.396 e. The molecule has 3 aromatic rings. The number of aliphatic hydroxyl groups excluding tert-OH is 1. The Kier molecular flexibility index (Phi) is 5.37. The number of hydrogen-bond donors (Lipinski definition) is 2. The van der Waals surface area contributed by atoms with Gasteiger partial charge in [-0.15, -0.1) is 0 Å². The van der Waals surface area contributed by atoms with Crippen LogP contribution in [0.5, 0.6) is 0 Å². The molecular weight excluding hydrogens is 360 g/mol. The number of nitrogens with one attached hydrogen (secondary N) is 1. The van der Waals surface area contributed by atoms with Crippen molar-refractivity contribution in [1.82, 2.24) is 4.98 Å². The second-order valence-electron chi connectivity index (χ2n) is 8.84. The van der Waals surface area contributed by atoms with Gasteiger partial charge >= 0.3 is 0 Å². The molecule has 150 valence electrons. The number of carbonyl (C=O) groups is 1. The summed E-state index contributed by atoms with van der Waals surface area (Å²) < 4.78 is 2.08. The van der Waals surface area contributed by atoms with Crippen LogP contribution in [0.3, 0.4) is 0 Å². The fourth-order valence-electron chi connectivity index (χ4n) is 4.38. The standard InChI is InChI=1S/C25H28N2O2/c1-25(2)16-21-23(22(29)17-25)20(15-18-7-4-3-5-8-18)24(26-21)19-9-12-27(13-10-19)11-6-14-28/h3-5,7-10,12-13,28H,6,11,14-17H2,1-2H3/p+1. The third-order valence-corrected chi connectivity index (χ3v) is 5.73. The molecule has 0 amide bonds. The van der Waals surface area contributed by atoms with E-state index in [4.69, 9.17) is 5.11 Å². The first-order valence-electron chi connectivity index (χ1n) is 10.4. The van der Waals surface area contributed by atoms with E-state index in [1.54, 1.807) is 0 Å². The van der Waals surface area contributed by atoms with Crippen LogP contribution in [0.1, 0.15) is 53.9 Å². The number of aryl methyl sites for hydroxylation is 1. The molecule has 0 saturated carbocycles. The third kappa shape index (κ3) is 4.18. The summed E-state index contributed by atoms with van der Waals surface area (Å²) in [4.78, 5) is 16.7. The monoisotopic (exact) mass is 389 g/mol. The number of aliphatic hydroxyl groups is 1. The molecule has 2 N–H and O–H groups in total. The van der Waals surface area contributed by atoms with Crippen molar-refractivity contribution in [2.24, 2.45) is 5.41 Å². The van der Waals surface area contributed by atoms with Gasteiger partial charge in [0.1, 0.15) is 0 Å². The number of ketones is 1. The molecule has 29 heavy (non-hydrogen) atoms. The first kappa shape index (κ1) is 19.6. The van der Waals surface area contributed by atoms with E-state index in [1.807, 2.05) is 30.6 Å². The van der Waals surface area contributed by atoms with Crippen LogP contribution in [-0.2, 0) is 19.4 Å². The van der Waals surface area contributed by atoms with Crippen molar-refractivity contribution < 1.29 is 14.5 Å². The van der Waals surface area contributed by atoms with Crippen molar-refractivity contribution in [2.75, 3.05) is 6.61 Å². The second kappa shape index (κ2) is 7.96. The normalized spacial score (nSPS) is 15.3. The van der Waals surface area contributed by atoms with Gasteiger partial charge in [0.15, 0.2) is 24.7 Å².